The molecule has 0 aliphatic heterocycles. The van der Waals surface area contributed by atoms with Crippen molar-refractivity contribution in [2.45, 2.75) is 95.7 Å². The molecule has 147 heavy (non-hydrogen) atoms. The fourth-order valence-corrected chi connectivity index (χ4v) is 13.3. The summed E-state index contributed by atoms with van der Waals surface area (Å²) < 4.78 is 316. The zero-order valence-electron chi connectivity index (χ0n) is 74.6. The van der Waals surface area contributed by atoms with Gasteiger partial charge in [0, 0.05) is 77.4 Å². The molecule has 1 fully saturated rings. The maximum atomic E-state index is 13.7. The third-order valence-corrected chi connectivity index (χ3v) is 20.1. The van der Waals surface area contributed by atoms with E-state index < -0.39 is 103 Å². The van der Waals surface area contributed by atoms with Gasteiger partial charge in [0.15, 0.2) is 57.9 Å². The van der Waals surface area contributed by atoms with E-state index in [0.29, 0.717) is 84.7 Å². The summed E-state index contributed by atoms with van der Waals surface area (Å²) in [5.41, 5.74) is 6.61. The van der Waals surface area contributed by atoms with Crippen LogP contribution in [-0.2, 0) is 12.4 Å². The van der Waals surface area contributed by atoms with Crippen molar-refractivity contribution in [1.29, 1.82) is 0 Å². The number of alkyl halides is 21. The lowest BCUT2D eigenvalue weighted by Crippen LogP contribution is -2.21. The highest BCUT2D eigenvalue weighted by molar-refractivity contribution is 6.30. The van der Waals surface area contributed by atoms with Crippen LogP contribution in [0, 0.1) is 5.82 Å². The number of ether oxygens (including phenoxy) is 6. The van der Waals surface area contributed by atoms with Gasteiger partial charge in [-0.1, -0.05) is 29.8 Å². The summed E-state index contributed by atoms with van der Waals surface area (Å²) in [7, 11) is 0. The number of nitrogens with zero attached hydrogens (tertiary/aromatic N) is 25. The van der Waals surface area contributed by atoms with Crippen molar-refractivity contribution in [2.24, 2.45) is 0 Å². The highest BCUT2D eigenvalue weighted by Crippen LogP contribution is 2.41. The Morgan fingerprint density at radius 1 is 0.327 bits per heavy atom. The van der Waals surface area contributed by atoms with Crippen molar-refractivity contribution in [3.8, 4) is 114 Å². The molecular weight excluding hydrogens is 2020 g/mol. The zero-order valence-corrected chi connectivity index (χ0v) is 75.3. The van der Waals surface area contributed by atoms with Crippen LogP contribution >= 0.6 is 11.6 Å². The number of hydrogen-bond donors (Lipinski definition) is 0. The lowest BCUT2D eigenvalue weighted by atomic mass is 10.1. The molecule has 31 nitrogen and oxygen atoms in total. The normalized spacial score (nSPS) is 12.4. The maximum absolute atomic E-state index is 13.7. The molecule has 54 heteroatoms. The molecule has 1 aliphatic rings. The summed E-state index contributed by atoms with van der Waals surface area (Å²) in [6, 6.07) is 66.6. The lowest BCUT2D eigenvalue weighted by molar-refractivity contribution is -0.275. The van der Waals surface area contributed by atoms with Gasteiger partial charge in [-0.15, -0.1) is 74.4 Å². The van der Waals surface area contributed by atoms with Gasteiger partial charge in [0.1, 0.15) is 34.5 Å². The van der Waals surface area contributed by atoms with Crippen LogP contribution in [0.1, 0.15) is 93.8 Å². The summed E-state index contributed by atoms with van der Waals surface area (Å²) in [6.45, 7) is 1.18. The minimum atomic E-state index is -5.03. The van der Waals surface area contributed by atoms with Crippen LogP contribution in [0.5, 0.6) is 46.1 Å². The largest absolute Gasteiger partial charge is 0.573 e. The maximum Gasteiger partial charge on any atom is 0.573 e. The van der Waals surface area contributed by atoms with Crippen molar-refractivity contribution in [2.75, 3.05) is 6.61 Å². The predicted molar refractivity (Wildman–Crippen MR) is 475 cm³/mol. The second kappa shape index (κ2) is 42.6. The number of pyridine rings is 1. The topological polar surface area (TPSA) is 327 Å². The number of hydrogen-bond acceptors (Lipinski definition) is 25. The number of para-hydroxylation sites is 1. The molecule has 0 bridgehead atoms. The van der Waals surface area contributed by atoms with Crippen LogP contribution in [0.2, 0.25) is 5.02 Å². The zero-order chi connectivity index (χ0) is 105. The van der Waals surface area contributed by atoms with Crippen molar-refractivity contribution in [1.82, 2.24) is 124 Å². The van der Waals surface area contributed by atoms with Crippen molar-refractivity contribution >= 4 is 45.5 Å². The monoisotopic (exact) mass is 2080 g/mol. The Balaban J connectivity index is 0.000000126. The number of fused-ring (bicyclic) bond motifs is 6. The second-order valence-corrected chi connectivity index (χ2v) is 31.6. The van der Waals surface area contributed by atoms with Crippen molar-refractivity contribution < 1.29 is 125 Å². The van der Waals surface area contributed by atoms with Gasteiger partial charge < -0.3 is 28.4 Å². The van der Waals surface area contributed by atoms with Gasteiger partial charge in [-0.2, -0.15) is 102 Å². The Hall–Kier alpha value is -17.5. The van der Waals surface area contributed by atoms with E-state index in [9.17, 15) is 96.6 Å². The predicted octanol–water partition coefficient (Wildman–Crippen LogP) is 24.2. The van der Waals surface area contributed by atoms with Gasteiger partial charge in [-0.25, -0.2) is 44.5 Å². The van der Waals surface area contributed by atoms with E-state index in [0.717, 1.165) is 72.9 Å². The molecular formula is C93H62ClF22N25O6. The van der Waals surface area contributed by atoms with E-state index >= 15 is 0 Å². The molecule has 1 aliphatic carbocycles. The number of halogens is 23. The van der Waals surface area contributed by atoms with Gasteiger partial charge in [-0.3, -0.25) is 0 Å². The molecule has 756 valence electrons. The average Bonchev–Trinajstić information content (AvgIpc) is 1.63. The van der Waals surface area contributed by atoms with Crippen molar-refractivity contribution in [3.63, 3.8) is 0 Å². The third-order valence-electron chi connectivity index (χ3n) is 19.9. The van der Waals surface area contributed by atoms with Gasteiger partial charge >= 0.3 is 30.9 Å². The van der Waals surface area contributed by atoms with E-state index in [1.54, 1.807) is 66.7 Å². The number of aromatic nitrogens is 25. The summed E-state index contributed by atoms with van der Waals surface area (Å²) in [6.07, 6.45) is -25.8. The molecule has 7 aromatic carbocycles. The van der Waals surface area contributed by atoms with Crippen LogP contribution in [0.15, 0.2) is 261 Å². The molecule has 0 N–H and O–H groups in total. The van der Waals surface area contributed by atoms with Gasteiger partial charge in [0.05, 0.1) is 34.2 Å². The summed E-state index contributed by atoms with van der Waals surface area (Å²) in [5.74, 6) is -5.25. The first kappa shape index (κ1) is 102. The first-order valence-electron chi connectivity index (χ1n) is 42.4. The molecule has 0 radical (unpaired) electrons. The van der Waals surface area contributed by atoms with Crippen LogP contribution in [0.4, 0.5) is 96.6 Å². The van der Waals surface area contributed by atoms with Crippen LogP contribution < -0.4 is 28.4 Å². The highest BCUT2D eigenvalue weighted by atomic mass is 35.5. The molecule has 20 aromatic rings. The second-order valence-electron chi connectivity index (χ2n) is 31.2. The highest BCUT2D eigenvalue weighted by Gasteiger charge is 2.40. The molecule has 13 aromatic heterocycles. The van der Waals surface area contributed by atoms with E-state index in [4.69, 9.17) is 30.9 Å². The lowest BCUT2D eigenvalue weighted by Gasteiger charge is -2.13. The number of rotatable bonds is 22. The molecule has 21 rings (SSSR count). The molecule has 0 atom stereocenters. The summed E-state index contributed by atoms with van der Waals surface area (Å²) in [4.78, 5) is 3.90. The first-order chi connectivity index (χ1) is 69.8. The van der Waals surface area contributed by atoms with Gasteiger partial charge in [0.25, 0.3) is 36.8 Å². The molecule has 0 amide bonds. The van der Waals surface area contributed by atoms with E-state index in [1.165, 1.54) is 122 Å². The molecule has 1 saturated carbocycles. The first-order valence-corrected chi connectivity index (χ1v) is 42.8. The molecule has 0 saturated heterocycles. The minimum absolute atomic E-state index is 0.0140. The summed E-state index contributed by atoms with van der Waals surface area (Å²) >= 11 is 5.83. The minimum Gasteiger partial charge on any atom is -0.471 e. The van der Waals surface area contributed by atoms with Crippen molar-refractivity contribution in [3.05, 3.63) is 307 Å². The third kappa shape index (κ3) is 26.3. The Morgan fingerprint density at radius 2 is 0.646 bits per heavy atom. The SMILES string of the molecule is CC(F)(F)COc1ccc(-c2ccc3nnc(C(F)F)n3n2)cn1.CC(F)(F)Oc1ccc(-c2ccc3nnc(C(F)(F)F)n3n2)cc1.CC(F)(F)Oc1ccc(-c2ccc3nnc(C(F)F)n3n2)cc1.FC(F)(F)c1nnc2ccc(-c3ccc(Oc4ccc(Cl)cc4)cc3)nn12.Fc1cc(-c2ccc3nnc(C(F)F)n3n2)ccc1OC(F)(F)F.c1ccc(Oc2ccc(-c3ccc4nnc(C5CC5)n4n3)cc2)cc1. The smallest absolute Gasteiger partial charge is 0.471 e. The fourth-order valence-electron chi connectivity index (χ4n) is 13.2. The Kier molecular flexibility index (Phi) is 29.7. The standard InChI is InChI=1S/C20H16N4O.C18H10ClF3N4O.C14H9F5N4O.C14H11F4N5O.C14H10F4N4O.C13H6F6N4O/c1-2-4-16(5-3-1)25-17-10-8-14(9-11-17)18-12-13-19-21-22-20(15-6-7-15)24(19)23-18;19-12-3-7-14(8-4-12)27-13-5-1-11(2-6-13)15-9-10-16-23-24-17(18(20,21)22)26(16)25-15;1-13(15,16)24-9-4-2-8(3-5-9)10-6-7-11-20-21-12(14(17,18)19)23(11)22-10;1-14(17,18)7-24-11-5-2-8(6-19-11)9-3-4-10-20-21-13(12(15)16)23(10)22-9;1-14(17,18)23-9-4-2-8(3-5-9)10-6-7-11-19-20-13(12(15)16)22(11)21-10;14-7-5-6(1-3-9(7)24-13(17,18)19)8-2-4-10-20-21-12(11(15)16)23(10)22-8/h1-5,8-13,15H,6-7H2;1-10H;2-7H,1H3;2-6,12H,7H2,1H3;2-7,12H,1H3;1-5,11H. The quantitative estimate of drug-likeness (QED) is 0.0569. The van der Waals surface area contributed by atoms with Crippen LogP contribution in [-0.4, -0.2) is 155 Å². The molecule has 0 unspecified atom stereocenters. The van der Waals surface area contributed by atoms with Gasteiger partial charge in [0.2, 0.25) is 23.4 Å². The average molecular weight is 2080 g/mol. The molecule has 13 heterocycles. The molecule has 0 spiro atoms. The Bertz CT molecular complexity index is 7950. The summed E-state index contributed by atoms with van der Waals surface area (Å²) in [5, 5.41) is 67.5. The number of benzene rings is 7. The Labute approximate surface area is 813 Å². The Morgan fingerprint density at radius 3 is 0.993 bits per heavy atom. The van der Waals surface area contributed by atoms with E-state index in [-0.39, 0.29) is 62.6 Å². The fraction of sp³-hybridized carbons (Fsp3) is 0.172. The van der Waals surface area contributed by atoms with Crippen LogP contribution in [0.3, 0.4) is 0 Å². The van der Waals surface area contributed by atoms with Gasteiger partial charge in [-0.05, 0) is 243 Å². The van der Waals surface area contributed by atoms with E-state index in [1.807, 2.05) is 71.2 Å². The van der Waals surface area contributed by atoms with Crippen LogP contribution in [0.25, 0.3) is 101 Å². The van der Waals surface area contributed by atoms with E-state index in [2.05, 4.69) is 106 Å².